The fraction of sp³-hybridized carbons (Fsp3) is 0.679. The highest BCUT2D eigenvalue weighted by Crippen LogP contribution is 2.30. The van der Waals surface area contributed by atoms with Crippen molar-refractivity contribution in [1.29, 1.82) is 0 Å². The quantitative estimate of drug-likeness (QED) is 0.496. The number of ether oxygens (including phenoxy) is 1. The van der Waals surface area contributed by atoms with E-state index in [9.17, 15) is 14.4 Å². The summed E-state index contributed by atoms with van der Waals surface area (Å²) < 4.78 is 5.50. The van der Waals surface area contributed by atoms with E-state index in [4.69, 9.17) is 4.74 Å². The number of nitrogens with one attached hydrogen (secondary N) is 1. The third kappa shape index (κ3) is 8.67. The maximum Gasteiger partial charge on any atom is 0.411 e. The van der Waals surface area contributed by atoms with Crippen LogP contribution in [0.15, 0.2) is 24.5 Å². The van der Waals surface area contributed by atoms with E-state index in [2.05, 4.69) is 15.2 Å². The van der Waals surface area contributed by atoms with Crippen LogP contribution in [-0.2, 0) is 14.3 Å². The Morgan fingerprint density at radius 2 is 1.79 bits per heavy atom. The van der Waals surface area contributed by atoms with E-state index in [0.29, 0.717) is 30.5 Å². The highest BCUT2D eigenvalue weighted by molar-refractivity contribution is 8.01. The summed E-state index contributed by atoms with van der Waals surface area (Å²) in [7, 11) is 0. The first-order valence-electron chi connectivity index (χ1n) is 14.0. The molecule has 3 heterocycles. The summed E-state index contributed by atoms with van der Waals surface area (Å²) in [6, 6.07) is 3.32. The van der Waals surface area contributed by atoms with Crippen LogP contribution in [0.1, 0.15) is 52.9 Å². The molecule has 3 fully saturated rings. The fourth-order valence-corrected chi connectivity index (χ4v) is 7.41. The number of carbonyl (C=O) groups is 3. The zero-order chi connectivity index (χ0) is 27.8. The van der Waals surface area contributed by atoms with Crippen molar-refractivity contribution in [1.82, 2.24) is 20.1 Å². The zero-order valence-corrected chi connectivity index (χ0v) is 25.0. The lowest BCUT2D eigenvalue weighted by atomic mass is 9.91. The van der Waals surface area contributed by atoms with Crippen LogP contribution in [0.5, 0.6) is 0 Å². The number of rotatable bonds is 8. The number of thioether (sulfide) groups is 2. The van der Waals surface area contributed by atoms with Gasteiger partial charge in [0.05, 0.1) is 6.54 Å². The molecule has 3 amide bonds. The monoisotopic (exact) mass is 576 g/mol. The second-order valence-electron chi connectivity index (χ2n) is 11.4. The second-order valence-corrected chi connectivity index (χ2v) is 13.6. The standard InChI is InChI=1S/C28H42N5O4S2/c1-28(2,3)37-27(36)33-17-18-39-26(33)24(34)30-23(20-38-19-21-7-5-4-6-8-21)25(35)32-15-13-31(14-16-32)22-9-11-29-12-10-22/h9-12,17,21,23,26H,4-8,13-16,18-20H2,1-3H3,(H,30,34)/t23-,26?/m0/s1. The molecule has 1 aliphatic carbocycles. The Labute approximate surface area is 241 Å². The van der Waals surface area contributed by atoms with E-state index in [1.54, 1.807) is 51.5 Å². The van der Waals surface area contributed by atoms with Gasteiger partial charge in [-0.15, -0.1) is 11.8 Å². The average Bonchev–Trinajstić information content (AvgIpc) is 3.43. The van der Waals surface area contributed by atoms with Crippen molar-refractivity contribution in [3.8, 4) is 0 Å². The highest BCUT2D eigenvalue weighted by Gasteiger charge is 2.39. The summed E-state index contributed by atoms with van der Waals surface area (Å²) in [6.45, 7) is 9.74. The molecule has 215 valence electrons. The van der Waals surface area contributed by atoms with Gasteiger partial charge < -0.3 is 19.9 Å². The third-order valence-corrected chi connectivity index (χ3v) is 9.58. The predicted molar refractivity (Wildman–Crippen MR) is 157 cm³/mol. The molecule has 4 rings (SSSR count). The zero-order valence-electron chi connectivity index (χ0n) is 23.3. The van der Waals surface area contributed by atoms with Crippen molar-refractivity contribution in [3.63, 3.8) is 0 Å². The molecule has 39 heavy (non-hydrogen) atoms. The van der Waals surface area contributed by atoms with Crippen LogP contribution in [0, 0.1) is 12.5 Å². The topological polar surface area (TPSA) is 95.1 Å². The highest BCUT2D eigenvalue weighted by atomic mass is 32.2. The lowest BCUT2D eigenvalue weighted by molar-refractivity contribution is -0.136. The minimum absolute atomic E-state index is 0.0512. The number of anilines is 1. The molecule has 2 saturated heterocycles. The first kappa shape index (κ1) is 29.8. The average molecular weight is 577 g/mol. The van der Waals surface area contributed by atoms with Crippen LogP contribution in [0.2, 0.25) is 0 Å². The van der Waals surface area contributed by atoms with Gasteiger partial charge in [0.15, 0.2) is 5.37 Å². The Morgan fingerprint density at radius 3 is 2.46 bits per heavy atom. The Bertz CT molecular complexity index is 962. The van der Waals surface area contributed by atoms with Crippen molar-refractivity contribution in [3.05, 3.63) is 31.1 Å². The molecule has 1 radical (unpaired) electrons. The van der Waals surface area contributed by atoms with Gasteiger partial charge in [0.2, 0.25) is 5.91 Å². The molecule has 0 bridgehead atoms. The van der Waals surface area contributed by atoms with Gasteiger partial charge in [-0.2, -0.15) is 11.8 Å². The van der Waals surface area contributed by atoms with Gasteiger partial charge in [0.25, 0.3) is 5.91 Å². The number of carbonyl (C=O) groups excluding carboxylic acids is 3. The number of hydrogen-bond acceptors (Lipinski definition) is 8. The Hall–Kier alpha value is -2.14. The second kappa shape index (κ2) is 14.0. The van der Waals surface area contributed by atoms with Crippen LogP contribution in [0.25, 0.3) is 0 Å². The van der Waals surface area contributed by atoms with Gasteiger partial charge in [-0.1, -0.05) is 19.3 Å². The number of nitrogens with zero attached hydrogens (tertiary/aromatic N) is 4. The van der Waals surface area contributed by atoms with E-state index >= 15 is 0 Å². The number of piperazine rings is 1. The summed E-state index contributed by atoms with van der Waals surface area (Å²) in [5.74, 6) is 2.37. The molecule has 0 spiro atoms. The predicted octanol–water partition coefficient (Wildman–Crippen LogP) is 4.00. The Kier molecular flexibility index (Phi) is 10.7. The molecule has 1 saturated carbocycles. The van der Waals surface area contributed by atoms with Gasteiger partial charge >= 0.3 is 6.09 Å². The fourth-order valence-electron chi connectivity index (χ4n) is 5.16. The van der Waals surface area contributed by atoms with E-state index in [1.165, 1.54) is 48.8 Å². The normalized spacial score (nSPS) is 21.5. The molecule has 2 aliphatic heterocycles. The largest absolute Gasteiger partial charge is 0.444 e. The van der Waals surface area contributed by atoms with Crippen molar-refractivity contribution < 1.29 is 19.1 Å². The lowest BCUT2D eigenvalue weighted by Gasteiger charge is -2.38. The Morgan fingerprint density at radius 1 is 1.10 bits per heavy atom. The summed E-state index contributed by atoms with van der Waals surface area (Å²) >= 11 is 3.12. The Balaban J connectivity index is 1.38. The van der Waals surface area contributed by atoms with Crippen LogP contribution >= 0.6 is 23.5 Å². The summed E-state index contributed by atoms with van der Waals surface area (Å²) in [5.41, 5.74) is 0.438. The first-order valence-corrected chi connectivity index (χ1v) is 16.2. The molecule has 2 atom stereocenters. The summed E-state index contributed by atoms with van der Waals surface area (Å²) in [6.07, 6.45) is 9.37. The van der Waals surface area contributed by atoms with E-state index in [-0.39, 0.29) is 11.8 Å². The maximum atomic E-state index is 13.7. The molecule has 1 aromatic heterocycles. The summed E-state index contributed by atoms with van der Waals surface area (Å²) in [5, 5.41) is 2.27. The molecular formula is C28H42N5O4S2. The van der Waals surface area contributed by atoms with Gasteiger partial charge in [-0.05, 0) is 57.4 Å². The van der Waals surface area contributed by atoms with E-state index < -0.39 is 23.1 Å². The maximum absolute atomic E-state index is 13.7. The van der Waals surface area contributed by atoms with Crippen LogP contribution < -0.4 is 10.2 Å². The number of amides is 3. The van der Waals surface area contributed by atoms with Crippen LogP contribution in [0.4, 0.5) is 10.5 Å². The SMILES string of the molecule is CC(C)(C)OC(=O)N1[CH]CSC1C(=O)N[C@@H](CSCC1CCCCC1)C(=O)N1CCN(c2ccncc2)CC1. The van der Waals surface area contributed by atoms with Crippen molar-refractivity contribution >= 4 is 47.1 Å². The minimum Gasteiger partial charge on any atom is -0.444 e. The van der Waals surface area contributed by atoms with Crippen LogP contribution in [0.3, 0.4) is 0 Å². The van der Waals surface area contributed by atoms with Crippen molar-refractivity contribution in [2.75, 3.05) is 48.3 Å². The molecule has 9 nitrogen and oxygen atoms in total. The van der Waals surface area contributed by atoms with Crippen molar-refractivity contribution in [2.24, 2.45) is 5.92 Å². The number of pyridine rings is 1. The molecule has 1 unspecified atom stereocenters. The van der Waals surface area contributed by atoms with Crippen molar-refractivity contribution in [2.45, 2.75) is 69.9 Å². The molecule has 3 aliphatic rings. The van der Waals surface area contributed by atoms with Gasteiger partial charge in [-0.3, -0.25) is 19.5 Å². The van der Waals surface area contributed by atoms with Crippen LogP contribution in [-0.4, -0.2) is 93.1 Å². The van der Waals surface area contributed by atoms with E-state index in [1.807, 2.05) is 17.0 Å². The smallest absolute Gasteiger partial charge is 0.411 e. The minimum atomic E-state index is -0.748. The molecule has 1 N–H and O–H groups in total. The number of hydrogen-bond donors (Lipinski definition) is 1. The van der Waals surface area contributed by atoms with Gasteiger partial charge in [0.1, 0.15) is 11.6 Å². The van der Waals surface area contributed by atoms with E-state index in [0.717, 1.165) is 24.5 Å². The molecule has 0 aromatic carbocycles. The molecule has 11 heteroatoms. The number of aromatic nitrogens is 1. The van der Waals surface area contributed by atoms with Gasteiger partial charge in [0, 0.05) is 55.8 Å². The summed E-state index contributed by atoms with van der Waals surface area (Å²) in [4.78, 5) is 49.4. The molecular weight excluding hydrogens is 534 g/mol. The lowest BCUT2D eigenvalue weighted by Crippen LogP contribution is -2.57. The first-order chi connectivity index (χ1) is 18.7. The molecule has 1 aromatic rings. The third-order valence-electron chi connectivity index (χ3n) is 7.20. The van der Waals surface area contributed by atoms with Gasteiger partial charge in [-0.25, -0.2) is 4.79 Å².